The lowest BCUT2D eigenvalue weighted by Crippen LogP contribution is -2.33. The maximum Gasteiger partial charge on any atom is 0.0294 e. The molecule has 1 rings (SSSR count). The quantitative estimate of drug-likeness (QED) is 0.771. The predicted molar refractivity (Wildman–Crippen MR) is 66.9 cm³/mol. The van der Waals surface area contributed by atoms with Crippen molar-refractivity contribution in [2.24, 2.45) is 5.92 Å². The van der Waals surface area contributed by atoms with E-state index in [1.165, 1.54) is 12.0 Å². The number of hydrogen-bond acceptors (Lipinski definition) is 1. The van der Waals surface area contributed by atoms with Crippen molar-refractivity contribution in [1.82, 2.24) is 5.32 Å². The van der Waals surface area contributed by atoms with Gasteiger partial charge in [0.1, 0.15) is 0 Å². The molecule has 84 valence electrons. The third-order valence-electron chi connectivity index (χ3n) is 3.31. The second-order valence-electron chi connectivity index (χ2n) is 4.47. The summed E-state index contributed by atoms with van der Waals surface area (Å²) in [6.07, 6.45) is 1.23. The van der Waals surface area contributed by atoms with Gasteiger partial charge in [-0.25, -0.2) is 0 Å². The molecule has 0 heterocycles. The lowest BCUT2D eigenvalue weighted by Gasteiger charge is -2.24. The summed E-state index contributed by atoms with van der Waals surface area (Å²) in [4.78, 5) is 0. The molecule has 15 heavy (non-hydrogen) atoms. The minimum Gasteiger partial charge on any atom is -0.307 e. The van der Waals surface area contributed by atoms with Crippen LogP contribution in [0.25, 0.3) is 0 Å². The first kappa shape index (κ1) is 12.3. The molecule has 0 aliphatic heterocycles. The second-order valence-corrected chi connectivity index (χ2v) is 4.47. The van der Waals surface area contributed by atoms with Crippen LogP contribution in [0.15, 0.2) is 30.3 Å². The van der Waals surface area contributed by atoms with Gasteiger partial charge in [-0.15, -0.1) is 0 Å². The third-order valence-corrected chi connectivity index (χ3v) is 3.31. The average molecular weight is 205 g/mol. The summed E-state index contributed by atoms with van der Waals surface area (Å²) in [7, 11) is 0. The van der Waals surface area contributed by atoms with Crippen molar-refractivity contribution in [3.05, 3.63) is 35.9 Å². The van der Waals surface area contributed by atoms with Crippen LogP contribution in [0.4, 0.5) is 0 Å². The van der Waals surface area contributed by atoms with E-state index >= 15 is 0 Å². The topological polar surface area (TPSA) is 12.0 Å². The van der Waals surface area contributed by atoms with Crippen molar-refractivity contribution in [2.45, 2.75) is 46.2 Å². The molecule has 1 nitrogen and oxygen atoms in total. The molecular formula is C14H23N. The zero-order valence-corrected chi connectivity index (χ0v) is 10.3. The van der Waals surface area contributed by atoms with E-state index in [0.29, 0.717) is 12.1 Å². The SMILES string of the molecule is CC[C@H](C)[C@@H](C)N[C@H](C)c1ccccc1. The first-order chi connectivity index (χ1) is 7.15. The van der Waals surface area contributed by atoms with E-state index in [1.807, 2.05) is 0 Å². The number of hydrogen-bond donors (Lipinski definition) is 1. The minimum absolute atomic E-state index is 0.440. The van der Waals surface area contributed by atoms with Gasteiger partial charge in [0.25, 0.3) is 0 Å². The van der Waals surface area contributed by atoms with E-state index in [1.54, 1.807) is 0 Å². The first-order valence-electron chi connectivity index (χ1n) is 5.96. The monoisotopic (exact) mass is 205 g/mol. The van der Waals surface area contributed by atoms with Crippen LogP contribution in [0, 0.1) is 5.92 Å². The molecule has 0 amide bonds. The standard InChI is InChI=1S/C14H23N/c1-5-11(2)12(3)15-13(4)14-9-7-6-8-10-14/h6-13,15H,5H2,1-4H3/t11-,12+,13+/m0/s1. The second kappa shape index (κ2) is 5.92. The Balaban J connectivity index is 2.52. The molecule has 1 aromatic carbocycles. The maximum atomic E-state index is 3.65. The highest BCUT2D eigenvalue weighted by molar-refractivity contribution is 5.18. The van der Waals surface area contributed by atoms with Crippen LogP contribution in [0.5, 0.6) is 0 Å². The van der Waals surface area contributed by atoms with E-state index in [4.69, 9.17) is 0 Å². The van der Waals surface area contributed by atoms with Crippen LogP contribution in [-0.4, -0.2) is 6.04 Å². The Morgan fingerprint density at radius 3 is 2.20 bits per heavy atom. The van der Waals surface area contributed by atoms with E-state index in [0.717, 1.165) is 5.92 Å². The fraction of sp³-hybridized carbons (Fsp3) is 0.571. The van der Waals surface area contributed by atoms with E-state index < -0.39 is 0 Å². The van der Waals surface area contributed by atoms with Crippen LogP contribution >= 0.6 is 0 Å². The Labute approximate surface area is 93.9 Å². The van der Waals surface area contributed by atoms with Crippen molar-refractivity contribution in [3.63, 3.8) is 0 Å². The highest BCUT2D eigenvalue weighted by Gasteiger charge is 2.13. The van der Waals surface area contributed by atoms with E-state index in [9.17, 15) is 0 Å². The van der Waals surface area contributed by atoms with Gasteiger partial charge in [0, 0.05) is 12.1 Å². The molecule has 0 aliphatic rings. The summed E-state index contributed by atoms with van der Waals surface area (Å²) in [6, 6.07) is 11.6. The zero-order valence-electron chi connectivity index (χ0n) is 10.3. The van der Waals surface area contributed by atoms with Crippen molar-refractivity contribution < 1.29 is 0 Å². The Bertz CT molecular complexity index is 268. The van der Waals surface area contributed by atoms with Gasteiger partial charge in [-0.2, -0.15) is 0 Å². The molecule has 0 aliphatic carbocycles. The van der Waals surface area contributed by atoms with Crippen LogP contribution in [0.1, 0.15) is 45.7 Å². The van der Waals surface area contributed by atoms with Gasteiger partial charge in [0.2, 0.25) is 0 Å². The van der Waals surface area contributed by atoms with Crippen LogP contribution in [-0.2, 0) is 0 Å². The molecule has 0 radical (unpaired) electrons. The lowest BCUT2D eigenvalue weighted by molar-refractivity contribution is 0.360. The molecule has 0 saturated heterocycles. The number of nitrogens with one attached hydrogen (secondary N) is 1. The van der Waals surface area contributed by atoms with Gasteiger partial charge >= 0.3 is 0 Å². The fourth-order valence-corrected chi connectivity index (χ4v) is 1.75. The Morgan fingerprint density at radius 1 is 1.07 bits per heavy atom. The Hall–Kier alpha value is -0.820. The van der Waals surface area contributed by atoms with Gasteiger partial charge in [-0.3, -0.25) is 0 Å². The smallest absolute Gasteiger partial charge is 0.0294 e. The summed E-state index contributed by atoms with van der Waals surface area (Å²) in [5.74, 6) is 0.733. The summed E-state index contributed by atoms with van der Waals surface area (Å²) < 4.78 is 0. The molecule has 0 fully saturated rings. The summed E-state index contributed by atoms with van der Waals surface area (Å²) in [5.41, 5.74) is 1.37. The molecule has 0 unspecified atom stereocenters. The van der Waals surface area contributed by atoms with E-state index in [2.05, 4.69) is 63.3 Å². The van der Waals surface area contributed by atoms with E-state index in [-0.39, 0.29) is 0 Å². The summed E-state index contributed by atoms with van der Waals surface area (Å²) in [6.45, 7) is 9.05. The largest absolute Gasteiger partial charge is 0.307 e. The van der Waals surface area contributed by atoms with Gasteiger partial charge in [0.05, 0.1) is 0 Å². The van der Waals surface area contributed by atoms with Crippen LogP contribution < -0.4 is 5.32 Å². The molecular weight excluding hydrogens is 182 g/mol. The molecule has 0 bridgehead atoms. The van der Waals surface area contributed by atoms with Crippen molar-refractivity contribution in [2.75, 3.05) is 0 Å². The predicted octanol–water partition coefficient (Wildman–Crippen LogP) is 3.77. The molecule has 3 atom stereocenters. The first-order valence-corrected chi connectivity index (χ1v) is 5.96. The van der Waals surface area contributed by atoms with Gasteiger partial charge in [0.15, 0.2) is 0 Å². The molecule has 1 N–H and O–H groups in total. The number of rotatable bonds is 5. The zero-order chi connectivity index (χ0) is 11.3. The highest BCUT2D eigenvalue weighted by Crippen LogP contribution is 2.15. The number of benzene rings is 1. The fourth-order valence-electron chi connectivity index (χ4n) is 1.75. The molecule has 1 heteroatoms. The molecule has 0 spiro atoms. The average Bonchev–Trinajstić information content (AvgIpc) is 2.29. The Morgan fingerprint density at radius 2 is 1.67 bits per heavy atom. The van der Waals surface area contributed by atoms with Crippen molar-refractivity contribution in [1.29, 1.82) is 0 Å². The van der Waals surface area contributed by atoms with Crippen molar-refractivity contribution in [3.8, 4) is 0 Å². The summed E-state index contributed by atoms with van der Waals surface area (Å²) in [5, 5.41) is 3.65. The lowest BCUT2D eigenvalue weighted by atomic mass is 9.99. The van der Waals surface area contributed by atoms with Gasteiger partial charge in [-0.1, -0.05) is 50.6 Å². The molecule has 1 aromatic rings. The van der Waals surface area contributed by atoms with Gasteiger partial charge in [-0.05, 0) is 25.3 Å². The summed E-state index contributed by atoms with van der Waals surface area (Å²) >= 11 is 0. The molecule has 0 saturated carbocycles. The maximum absolute atomic E-state index is 3.65. The van der Waals surface area contributed by atoms with Crippen LogP contribution in [0.3, 0.4) is 0 Å². The van der Waals surface area contributed by atoms with Crippen LogP contribution in [0.2, 0.25) is 0 Å². The highest BCUT2D eigenvalue weighted by atomic mass is 14.9. The molecule has 0 aromatic heterocycles. The third kappa shape index (κ3) is 3.67. The Kier molecular flexibility index (Phi) is 4.83. The normalized spacial score (nSPS) is 17.1. The van der Waals surface area contributed by atoms with Crippen molar-refractivity contribution >= 4 is 0 Å². The minimum atomic E-state index is 0.440. The van der Waals surface area contributed by atoms with Gasteiger partial charge < -0.3 is 5.32 Å².